The van der Waals surface area contributed by atoms with E-state index in [9.17, 15) is 27.5 Å². The van der Waals surface area contributed by atoms with Crippen LogP contribution in [0.15, 0.2) is 42.6 Å². The number of pyridine rings is 2. The zero-order valence-electron chi connectivity index (χ0n) is 26.2. The molecule has 3 aromatic rings. The van der Waals surface area contributed by atoms with Crippen LogP contribution < -0.4 is 19.3 Å². The van der Waals surface area contributed by atoms with Crippen LogP contribution in [0.1, 0.15) is 31.2 Å². The molecular formula is C32H32F4N6O7. The van der Waals surface area contributed by atoms with Gasteiger partial charge in [0.1, 0.15) is 29.3 Å². The number of carbonyl (C=O) groups is 1. The van der Waals surface area contributed by atoms with Crippen molar-refractivity contribution in [3.8, 4) is 23.1 Å². The Morgan fingerprint density at radius 3 is 2.61 bits per heavy atom. The highest BCUT2D eigenvalue weighted by Gasteiger charge is 2.50. The number of aliphatic carboxylic acids is 1. The molecule has 0 bridgehead atoms. The van der Waals surface area contributed by atoms with Gasteiger partial charge in [-0.05, 0) is 24.6 Å². The van der Waals surface area contributed by atoms with Crippen LogP contribution in [0.25, 0.3) is 17.0 Å². The Bertz CT molecular complexity index is 1750. The molecular weight excluding hydrogens is 656 g/mol. The Morgan fingerprint density at radius 2 is 1.92 bits per heavy atom. The van der Waals surface area contributed by atoms with Gasteiger partial charge in [-0.1, -0.05) is 12.1 Å². The summed E-state index contributed by atoms with van der Waals surface area (Å²) in [4.78, 5) is 32.5. The number of carboxylic acid groups (broad SMARTS) is 1. The molecule has 0 aliphatic carbocycles. The van der Waals surface area contributed by atoms with Crippen molar-refractivity contribution in [1.82, 2.24) is 19.9 Å². The highest BCUT2D eigenvalue weighted by molar-refractivity contribution is 5.79. The smallest absolute Gasteiger partial charge is 0.388 e. The van der Waals surface area contributed by atoms with Crippen molar-refractivity contribution in [2.24, 2.45) is 0 Å². The lowest BCUT2D eigenvalue weighted by molar-refractivity contribution is -0.228. The van der Waals surface area contributed by atoms with Crippen molar-refractivity contribution in [1.29, 1.82) is 0 Å². The van der Waals surface area contributed by atoms with E-state index >= 15 is 0 Å². The summed E-state index contributed by atoms with van der Waals surface area (Å²) < 4.78 is 81.6. The molecule has 17 heteroatoms. The van der Waals surface area contributed by atoms with Crippen LogP contribution in [0.3, 0.4) is 0 Å². The second kappa shape index (κ2) is 13.4. The van der Waals surface area contributed by atoms with E-state index in [1.54, 1.807) is 6.20 Å². The van der Waals surface area contributed by atoms with Crippen LogP contribution in [0.5, 0.6) is 11.8 Å². The fourth-order valence-electron chi connectivity index (χ4n) is 6.47. The van der Waals surface area contributed by atoms with Gasteiger partial charge in [-0.2, -0.15) is 8.78 Å². The average molecular weight is 689 g/mol. The number of hydrogen-bond donors (Lipinski definition) is 1. The van der Waals surface area contributed by atoms with Gasteiger partial charge in [0.2, 0.25) is 11.8 Å². The number of nitrogens with zero attached hydrogens (tertiary/aromatic N) is 6. The maximum atomic E-state index is 14.0. The Hall–Kier alpha value is -4.61. The fourth-order valence-corrected chi connectivity index (χ4v) is 6.47. The predicted octanol–water partition coefficient (Wildman–Crippen LogP) is 3.99. The molecule has 4 aliphatic rings. The summed E-state index contributed by atoms with van der Waals surface area (Å²) in [5, 5.41) is 10.2. The summed E-state index contributed by atoms with van der Waals surface area (Å²) in [5.41, 5.74) is 1.88. The molecule has 7 rings (SSSR count). The summed E-state index contributed by atoms with van der Waals surface area (Å²) in [6, 6.07) is 5.86. The van der Waals surface area contributed by atoms with Gasteiger partial charge < -0.3 is 38.6 Å². The number of morpholine rings is 1. The van der Waals surface area contributed by atoms with Crippen LogP contribution in [0, 0.1) is 0 Å². The van der Waals surface area contributed by atoms with Crippen molar-refractivity contribution in [2.75, 3.05) is 55.9 Å². The molecule has 4 aliphatic heterocycles. The molecule has 1 spiro atoms. The van der Waals surface area contributed by atoms with Crippen molar-refractivity contribution in [2.45, 2.75) is 50.2 Å². The van der Waals surface area contributed by atoms with Gasteiger partial charge in [-0.3, -0.25) is 0 Å². The van der Waals surface area contributed by atoms with Gasteiger partial charge in [-0.25, -0.2) is 33.5 Å². The first kappa shape index (κ1) is 32.9. The Balaban J connectivity index is 1.20. The Kier molecular flexibility index (Phi) is 8.97. The Morgan fingerprint density at radius 1 is 1.08 bits per heavy atom. The molecule has 0 aromatic carbocycles. The molecule has 0 unspecified atom stereocenters. The molecule has 0 amide bonds. The normalized spacial score (nSPS) is 23.2. The minimum atomic E-state index is -3.15. The third-order valence-electron chi connectivity index (χ3n) is 9.10. The number of anilines is 2. The summed E-state index contributed by atoms with van der Waals surface area (Å²) in [6.07, 6.45) is -0.216. The lowest BCUT2D eigenvalue weighted by Gasteiger charge is -2.53. The molecule has 13 nitrogen and oxygen atoms in total. The zero-order valence-corrected chi connectivity index (χ0v) is 26.2. The largest absolute Gasteiger partial charge is 0.480 e. The van der Waals surface area contributed by atoms with Crippen molar-refractivity contribution >= 4 is 23.0 Å². The lowest BCUT2D eigenvalue weighted by Crippen LogP contribution is -2.68. The van der Waals surface area contributed by atoms with Gasteiger partial charge in [0.05, 0.1) is 57.0 Å². The molecule has 0 saturated carbocycles. The van der Waals surface area contributed by atoms with Crippen LogP contribution in [0.4, 0.5) is 29.1 Å². The van der Waals surface area contributed by atoms with Gasteiger partial charge in [0.15, 0.2) is 5.82 Å². The standard InChI is InChI=1S/C32H32F4N6O7/c1-17-32(15-46-16-32)47-8-6-41(17)23-9-19(18-5-7-45-14-18)12-37-29(23)48-20-10-24(30(43)44)42(13-20)25-11-22(39-28(40-25)27(33)34)21-3-2-4-26(38-21)49-31(35)36/h2-5,9,11-12,17,20,24,27,31H,6-8,10,13-16H2,1H3,(H,43,44)/t17-,20-,24-/m0/s1. The van der Waals surface area contributed by atoms with E-state index in [4.69, 9.17) is 18.9 Å². The van der Waals surface area contributed by atoms with E-state index in [1.807, 2.05) is 19.1 Å². The highest BCUT2D eigenvalue weighted by atomic mass is 19.3. The molecule has 3 aromatic heterocycles. The van der Waals surface area contributed by atoms with Crippen LogP contribution in [-0.2, 0) is 19.0 Å². The lowest BCUT2D eigenvalue weighted by atomic mass is 9.90. The topological polar surface area (TPSA) is 141 Å². The van der Waals surface area contributed by atoms with E-state index in [2.05, 4.69) is 29.6 Å². The number of aromatic nitrogens is 4. The quantitative estimate of drug-likeness (QED) is 0.307. The second-order valence-electron chi connectivity index (χ2n) is 12.1. The SMILES string of the molecule is C[C@@H]1N(c2cc(C3=CCOC3)cnc2O[C@H]2C[C@@H](C(=O)O)N(c3cc(-c4cccc(OC(F)F)n4)nc(C(F)F)n3)C2)CCOC12COC2. The molecule has 3 atom stereocenters. The van der Waals surface area contributed by atoms with Gasteiger partial charge >= 0.3 is 12.6 Å². The minimum absolute atomic E-state index is 0.0209. The first-order valence-electron chi connectivity index (χ1n) is 15.6. The van der Waals surface area contributed by atoms with Gasteiger partial charge in [0.25, 0.3) is 6.43 Å². The molecule has 0 radical (unpaired) electrons. The zero-order chi connectivity index (χ0) is 34.3. The molecule has 260 valence electrons. The highest BCUT2D eigenvalue weighted by Crippen LogP contribution is 2.40. The van der Waals surface area contributed by atoms with E-state index in [1.165, 1.54) is 29.2 Å². The first-order chi connectivity index (χ1) is 23.6. The maximum Gasteiger partial charge on any atom is 0.388 e. The Labute approximate surface area is 277 Å². The number of ether oxygens (including phenoxy) is 5. The third-order valence-corrected chi connectivity index (χ3v) is 9.10. The summed E-state index contributed by atoms with van der Waals surface area (Å²) in [7, 11) is 0. The van der Waals surface area contributed by atoms with Crippen molar-refractivity contribution in [3.05, 3.63) is 54.0 Å². The summed E-state index contributed by atoms with van der Waals surface area (Å²) >= 11 is 0. The molecule has 3 fully saturated rings. The summed E-state index contributed by atoms with van der Waals surface area (Å²) in [6.45, 7) is 1.68. The van der Waals surface area contributed by atoms with E-state index in [0.29, 0.717) is 45.3 Å². The molecule has 1 N–H and O–H groups in total. The molecule has 7 heterocycles. The van der Waals surface area contributed by atoms with Crippen LogP contribution in [-0.4, -0.2) is 108 Å². The maximum absolute atomic E-state index is 14.0. The van der Waals surface area contributed by atoms with E-state index in [-0.39, 0.29) is 42.1 Å². The fraction of sp³-hybridized carbons (Fsp3) is 0.469. The van der Waals surface area contributed by atoms with Crippen molar-refractivity contribution in [3.63, 3.8) is 0 Å². The number of hydrogen-bond acceptors (Lipinski definition) is 12. The number of carboxylic acids is 1. The van der Waals surface area contributed by atoms with Crippen LogP contribution in [0.2, 0.25) is 0 Å². The van der Waals surface area contributed by atoms with Gasteiger partial charge in [0, 0.05) is 36.9 Å². The minimum Gasteiger partial charge on any atom is -0.480 e. The van der Waals surface area contributed by atoms with Gasteiger partial charge in [-0.15, -0.1) is 0 Å². The van der Waals surface area contributed by atoms with Crippen molar-refractivity contribution < 1.29 is 51.1 Å². The first-order valence-corrected chi connectivity index (χ1v) is 15.6. The van der Waals surface area contributed by atoms with Crippen LogP contribution >= 0.6 is 0 Å². The number of halogens is 4. The molecule has 49 heavy (non-hydrogen) atoms. The second-order valence-corrected chi connectivity index (χ2v) is 12.1. The summed E-state index contributed by atoms with van der Waals surface area (Å²) in [5.74, 6) is -2.39. The molecule has 3 saturated heterocycles. The average Bonchev–Trinajstić information content (AvgIpc) is 3.75. The monoisotopic (exact) mass is 688 g/mol. The van der Waals surface area contributed by atoms with E-state index < -0.39 is 48.5 Å². The number of rotatable bonds is 10. The third kappa shape index (κ3) is 6.57. The predicted molar refractivity (Wildman–Crippen MR) is 164 cm³/mol. The number of alkyl halides is 4. The van der Waals surface area contributed by atoms with E-state index in [0.717, 1.165) is 11.1 Å².